The quantitative estimate of drug-likeness (QED) is 0.616. The summed E-state index contributed by atoms with van der Waals surface area (Å²) in [5.41, 5.74) is 5.30. The number of nitrogens with two attached hydrogens (primary N) is 1. The van der Waals surface area contributed by atoms with Gasteiger partial charge in [0.1, 0.15) is 5.54 Å². The highest BCUT2D eigenvalue weighted by atomic mass is 16.1. The van der Waals surface area contributed by atoms with E-state index in [0.717, 1.165) is 32.4 Å². The van der Waals surface area contributed by atoms with Gasteiger partial charge >= 0.3 is 0 Å². The van der Waals surface area contributed by atoms with Crippen molar-refractivity contribution in [3.8, 4) is 0 Å². The zero-order valence-electron chi connectivity index (χ0n) is 14.6. The van der Waals surface area contributed by atoms with E-state index in [2.05, 4.69) is 44.8 Å². The van der Waals surface area contributed by atoms with Crippen LogP contribution in [0.15, 0.2) is 0 Å². The highest BCUT2D eigenvalue weighted by molar-refractivity contribution is 5.86. The fourth-order valence-corrected chi connectivity index (χ4v) is 3.13. The molecule has 124 valence electrons. The summed E-state index contributed by atoms with van der Waals surface area (Å²) < 4.78 is 0. The maximum absolute atomic E-state index is 12.3. The number of hydrogen-bond donors (Lipinski definition) is 2. The molecule has 1 fully saturated rings. The Balaban J connectivity index is 2.92. The topological polar surface area (TPSA) is 58.4 Å². The van der Waals surface area contributed by atoms with Crippen LogP contribution < -0.4 is 11.1 Å². The molecule has 2 unspecified atom stereocenters. The van der Waals surface area contributed by atoms with Gasteiger partial charge in [-0.2, -0.15) is 0 Å². The Labute approximate surface area is 130 Å². The summed E-state index contributed by atoms with van der Waals surface area (Å²) in [4.78, 5) is 14.8. The van der Waals surface area contributed by atoms with Gasteiger partial charge in [-0.05, 0) is 58.9 Å². The Bertz CT molecular complexity index is 328. The van der Waals surface area contributed by atoms with Crippen molar-refractivity contribution in [2.24, 2.45) is 11.7 Å². The molecular formula is C17H35N3O. The summed E-state index contributed by atoms with van der Waals surface area (Å²) in [6.45, 7) is 12.7. The van der Waals surface area contributed by atoms with E-state index in [-0.39, 0.29) is 11.9 Å². The number of nitrogens with one attached hydrogen (secondary N) is 1. The average Bonchev–Trinajstić information content (AvgIpc) is 3.25. The smallest absolute Gasteiger partial charge is 0.239 e. The zero-order valence-corrected chi connectivity index (χ0v) is 14.6. The Morgan fingerprint density at radius 3 is 2.33 bits per heavy atom. The van der Waals surface area contributed by atoms with Crippen molar-refractivity contribution in [3.63, 3.8) is 0 Å². The van der Waals surface area contributed by atoms with E-state index >= 15 is 0 Å². The Hall–Kier alpha value is -0.610. The number of rotatable bonds is 11. The number of amides is 1. The molecule has 0 aromatic rings. The van der Waals surface area contributed by atoms with Crippen LogP contribution in [-0.4, -0.2) is 41.5 Å². The van der Waals surface area contributed by atoms with Gasteiger partial charge in [0.15, 0.2) is 0 Å². The molecule has 1 aliphatic rings. The van der Waals surface area contributed by atoms with Crippen LogP contribution in [0.3, 0.4) is 0 Å². The third kappa shape index (κ3) is 4.96. The van der Waals surface area contributed by atoms with E-state index in [9.17, 15) is 4.79 Å². The van der Waals surface area contributed by atoms with Crippen molar-refractivity contribution in [3.05, 3.63) is 0 Å². The largest absolute Gasteiger partial charge is 0.368 e. The molecule has 0 saturated heterocycles. The molecule has 2 atom stereocenters. The van der Waals surface area contributed by atoms with Gasteiger partial charge in [-0.15, -0.1) is 0 Å². The fraction of sp³-hybridized carbons (Fsp3) is 0.941. The Kier molecular flexibility index (Phi) is 7.14. The second-order valence-electron chi connectivity index (χ2n) is 6.99. The summed E-state index contributed by atoms with van der Waals surface area (Å²) in [5, 5.41) is 3.52. The lowest BCUT2D eigenvalue weighted by Crippen LogP contribution is -2.65. The molecule has 0 aliphatic heterocycles. The van der Waals surface area contributed by atoms with Crippen molar-refractivity contribution in [1.29, 1.82) is 0 Å². The van der Waals surface area contributed by atoms with Crippen LogP contribution in [-0.2, 0) is 4.79 Å². The predicted octanol–water partition coefficient (Wildman–Crippen LogP) is 2.52. The van der Waals surface area contributed by atoms with Crippen LogP contribution in [0.4, 0.5) is 0 Å². The van der Waals surface area contributed by atoms with Gasteiger partial charge in [0.25, 0.3) is 0 Å². The van der Waals surface area contributed by atoms with Crippen molar-refractivity contribution >= 4 is 5.91 Å². The fourth-order valence-electron chi connectivity index (χ4n) is 3.13. The standard InChI is InChI=1S/C17H35N3O/c1-6-8-11-20(14(5)7-2)12-17(16(18)21,15-9-10-15)19-13(3)4/h13-15,19H,6-12H2,1-5H3,(H2,18,21). The second kappa shape index (κ2) is 8.14. The molecule has 0 aromatic heterocycles. The lowest BCUT2D eigenvalue weighted by molar-refractivity contribution is -0.127. The number of carbonyl (C=O) groups is 1. The molecule has 4 nitrogen and oxygen atoms in total. The molecule has 1 aliphatic carbocycles. The third-order valence-corrected chi connectivity index (χ3v) is 4.73. The minimum absolute atomic E-state index is 0.177. The summed E-state index contributed by atoms with van der Waals surface area (Å²) >= 11 is 0. The third-order valence-electron chi connectivity index (χ3n) is 4.73. The maximum atomic E-state index is 12.3. The number of primary amides is 1. The lowest BCUT2D eigenvalue weighted by Gasteiger charge is -2.41. The molecule has 0 radical (unpaired) electrons. The van der Waals surface area contributed by atoms with Crippen molar-refractivity contribution < 1.29 is 4.79 Å². The van der Waals surface area contributed by atoms with E-state index < -0.39 is 5.54 Å². The highest BCUT2D eigenvalue weighted by Crippen LogP contribution is 2.41. The minimum Gasteiger partial charge on any atom is -0.368 e. The van der Waals surface area contributed by atoms with Crippen LogP contribution in [0.2, 0.25) is 0 Å². The summed E-state index contributed by atoms with van der Waals surface area (Å²) in [7, 11) is 0. The van der Waals surface area contributed by atoms with Crippen molar-refractivity contribution in [2.45, 2.75) is 84.3 Å². The minimum atomic E-state index is -0.550. The van der Waals surface area contributed by atoms with E-state index in [4.69, 9.17) is 5.73 Å². The number of nitrogens with zero attached hydrogens (tertiary/aromatic N) is 1. The van der Waals surface area contributed by atoms with Crippen LogP contribution >= 0.6 is 0 Å². The zero-order chi connectivity index (χ0) is 16.0. The van der Waals surface area contributed by atoms with Gasteiger partial charge in [-0.3, -0.25) is 15.0 Å². The molecule has 1 saturated carbocycles. The maximum Gasteiger partial charge on any atom is 0.239 e. The van der Waals surface area contributed by atoms with E-state index in [0.29, 0.717) is 12.0 Å². The van der Waals surface area contributed by atoms with E-state index in [1.54, 1.807) is 0 Å². The monoisotopic (exact) mass is 297 g/mol. The molecule has 3 N–H and O–H groups in total. The van der Waals surface area contributed by atoms with Crippen LogP contribution in [0.1, 0.15) is 66.7 Å². The Morgan fingerprint density at radius 2 is 1.95 bits per heavy atom. The molecule has 0 aromatic carbocycles. The van der Waals surface area contributed by atoms with E-state index in [1.807, 2.05) is 0 Å². The first-order valence-corrected chi connectivity index (χ1v) is 8.69. The molecule has 4 heteroatoms. The van der Waals surface area contributed by atoms with Gasteiger partial charge in [0, 0.05) is 18.6 Å². The van der Waals surface area contributed by atoms with Gasteiger partial charge in [-0.1, -0.05) is 20.3 Å². The Morgan fingerprint density at radius 1 is 1.33 bits per heavy atom. The molecule has 1 amide bonds. The van der Waals surface area contributed by atoms with Crippen LogP contribution in [0.5, 0.6) is 0 Å². The summed E-state index contributed by atoms with van der Waals surface area (Å²) in [6, 6.07) is 0.756. The first-order valence-electron chi connectivity index (χ1n) is 8.69. The van der Waals surface area contributed by atoms with Crippen molar-refractivity contribution in [2.75, 3.05) is 13.1 Å². The molecule has 0 heterocycles. The average molecular weight is 297 g/mol. The van der Waals surface area contributed by atoms with Gasteiger partial charge < -0.3 is 5.73 Å². The molecule has 1 rings (SSSR count). The lowest BCUT2D eigenvalue weighted by atomic mass is 9.89. The first kappa shape index (κ1) is 18.4. The number of hydrogen-bond acceptors (Lipinski definition) is 3. The second-order valence-corrected chi connectivity index (χ2v) is 6.99. The van der Waals surface area contributed by atoms with Crippen molar-refractivity contribution in [1.82, 2.24) is 10.2 Å². The molecule has 0 spiro atoms. The molecule has 0 bridgehead atoms. The molecule has 21 heavy (non-hydrogen) atoms. The van der Waals surface area contributed by atoms with Gasteiger partial charge in [-0.25, -0.2) is 0 Å². The van der Waals surface area contributed by atoms with Gasteiger partial charge in [0.05, 0.1) is 0 Å². The van der Waals surface area contributed by atoms with Crippen LogP contribution in [0, 0.1) is 5.92 Å². The SMILES string of the molecule is CCCCN(CC(NC(C)C)(C(N)=O)C1CC1)C(C)CC. The number of carbonyl (C=O) groups excluding carboxylic acids is 1. The summed E-state index contributed by atoms with van der Waals surface area (Å²) in [6.07, 6.45) is 5.68. The molecular weight excluding hydrogens is 262 g/mol. The van der Waals surface area contributed by atoms with Crippen LogP contribution in [0.25, 0.3) is 0 Å². The predicted molar refractivity (Wildman–Crippen MR) is 89.2 cm³/mol. The van der Waals surface area contributed by atoms with E-state index in [1.165, 1.54) is 12.8 Å². The normalized spacial score (nSPS) is 19.8. The van der Waals surface area contributed by atoms with Gasteiger partial charge in [0.2, 0.25) is 5.91 Å². The highest BCUT2D eigenvalue weighted by Gasteiger charge is 2.51. The first-order chi connectivity index (χ1) is 9.87. The number of unbranched alkanes of at least 4 members (excludes halogenated alkanes) is 1. The summed E-state index contributed by atoms with van der Waals surface area (Å²) in [5.74, 6) is 0.231.